The molecule has 23 heavy (non-hydrogen) atoms. The minimum atomic E-state index is -0.0960. The van der Waals surface area contributed by atoms with E-state index in [1.54, 1.807) is 6.08 Å². The largest absolute Gasteiger partial charge is 0.351 e. The number of imidazole rings is 1. The lowest BCUT2D eigenvalue weighted by atomic mass is 10.2. The number of carbonyl (C=O) groups excluding carboxylic acids is 1. The monoisotopic (exact) mass is 325 g/mol. The molecule has 0 radical (unpaired) electrons. The maximum atomic E-state index is 12.1. The number of hydrogen-bond donors (Lipinski definition) is 1. The molecule has 1 amide bonds. The molecule has 0 spiro atoms. The molecule has 2 aromatic carbocycles. The van der Waals surface area contributed by atoms with Gasteiger partial charge in [0.2, 0.25) is 5.91 Å². The second kappa shape index (κ2) is 6.67. The van der Waals surface area contributed by atoms with Gasteiger partial charge < -0.3 is 9.88 Å². The van der Waals surface area contributed by atoms with Gasteiger partial charge in [-0.1, -0.05) is 41.9 Å². The van der Waals surface area contributed by atoms with Crippen LogP contribution in [0, 0.1) is 0 Å². The van der Waals surface area contributed by atoms with Gasteiger partial charge in [0.15, 0.2) is 0 Å². The fourth-order valence-electron chi connectivity index (χ4n) is 2.47. The molecule has 0 saturated heterocycles. The molecule has 1 N–H and O–H groups in total. The van der Waals surface area contributed by atoms with Gasteiger partial charge in [-0.25, -0.2) is 4.98 Å². The van der Waals surface area contributed by atoms with Crippen LogP contribution in [-0.2, 0) is 11.3 Å². The van der Waals surface area contributed by atoms with Gasteiger partial charge in [0.25, 0.3) is 0 Å². The number of para-hydroxylation sites is 2. The van der Waals surface area contributed by atoms with Crippen molar-refractivity contribution in [2.45, 2.75) is 6.54 Å². The summed E-state index contributed by atoms with van der Waals surface area (Å²) in [7, 11) is 0. The predicted octanol–water partition coefficient (Wildman–Crippen LogP) is 3.66. The highest BCUT2D eigenvalue weighted by molar-refractivity contribution is 6.33. The Kier molecular flexibility index (Phi) is 4.44. The Morgan fingerprint density at radius 2 is 1.96 bits per heavy atom. The molecule has 3 rings (SSSR count). The molecule has 0 unspecified atom stereocenters. The van der Waals surface area contributed by atoms with Crippen molar-refractivity contribution in [3.8, 4) is 11.4 Å². The van der Waals surface area contributed by atoms with E-state index in [0.29, 0.717) is 17.4 Å². The van der Waals surface area contributed by atoms with Crippen molar-refractivity contribution in [2.75, 3.05) is 6.54 Å². The highest BCUT2D eigenvalue weighted by Crippen LogP contribution is 2.29. The van der Waals surface area contributed by atoms with Gasteiger partial charge in [-0.3, -0.25) is 4.79 Å². The van der Waals surface area contributed by atoms with Crippen LogP contribution < -0.4 is 5.32 Å². The first kappa shape index (κ1) is 15.3. The van der Waals surface area contributed by atoms with Crippen LogP contribution in [0.1, 0.15) is 0 Å². The number of rotatable bonds is 5. The maximum absolute atomic E-state index is 12.1. The van der Waals surface area contributed by atoms with E-state index in [4.69, 9.17) is 11.6 Å². The van der Waals surface area contributed by atoms with Gasteiger partial charge >= 0.3 is 0 Å². The van der Waals surface area contributed by atoms with Crippen molar-refractivity contribution in [2.24, 2.45) is 0 Å². The van der Waals surface area contributed by atoms with Crippen LogP contribution >= 0.6 is 11.6 Å². The van der Waals surface area contributed by atoms with Crippen LogP contribution in [0.25, 0.3) is 22.4 Å². The van der Waals surface area contributed by atoms with Gasteiger partial charge in [-0.05, 0) is 24.3 Å². The zero-order valence-corrected chi connectivity index (χ0v) is 13.3. The summed E-state index contributed by atoms with van der Waals surface area (Å²) < 4.78 is 1.88. The molecule has 0 bridgehead atoms. The Balaban J connectivity index is 2.10. The molecule has 4 nitrogen and oxygen atoms in total. The van der Waals surface area contributed by atoms with Crippen LogP contribution in [0.5, 0.6) is 0 Å². The third-order valence-corrected chi connectivity index (χ3v) is 3.84. The smallest absolute Gasteiger partial charge is 0.240 e. The van der Waals surface area contributed by atoms with E-state index in [0.717, 1.165) is 16.6 Å². The Bertz CT molecular complexity index is 870. The van der Waals surface area contributed by atoms with Crippen molar-refractivity contribution in [3.05, 3.63) is 66.2 Å². The lowest BCUT2D eigenvalue weighted by Gasteiger charge is -2.10. The highest BCUT2D eigenvalue weighted by atomic mass is 35.5. The average molecular weight is 326 g/mol. The number of halogens is 1. The Labute approximate surface area is 139 Å². The lowest BCUT2D eigenvalue weighted by molar-refractivity contribution is -0.121. The molecule has 0 aliphatic carbocycles. The van der Waals surface area contributed by atoms with Gasteiger partial charge in [-0.15, -0.1) is 6.58 Å². The van der Waals surface area contributed by atoms with Crippen molar-refractivity contribution >= 4 is 28.5 Å². The topological polar surface area (TPSA) is 46.9 Å². The number of fused-ring (bicyclic) bond motifs is 1. The molecular formula is C18H16ClN3O. The molecule has 5 heteroatoms. The summed E-state index contributed by atoms with van der Waals surface area (Å²) in [5.74, 6) is 0.590. The van der Waals surface area contributed by atoms with Gasteiger partial charge in [0, 0.05) is 12.1 Å². The summed E-state index contributed by atoms with van der Waals surface area (Å²) >= 11 is 6.31. The molecular weight excluding hydrogens is 310 g/mol. The highest BCUT2D eigenvalue weighted by Gasteiger charge is 2.16. The first-order valence-electron chi connectivity index (χ1n) is 7.28. The van der Waals surface area contributed by atoms with Gasteiger partial charge in [0.1, 0.15) is 12.4 Å². The third-order valence-electron chi connectivity index (χ3n) is 3.51. The molecule has 116 valence electrons. The van der Waals surface area contributed by atoms with E-state index in [2.05, 4.69) is 16.9 Å². The third kappa shape index (κ3) is 3.12. The summed E-state index contributed by atoms with van der Waals surface area (Å²) in [4.78, 5) is 16.8. The van der Waals surface area contributed by atoms with Gasteiger partial charge in [-0.2, -0.15) is 0 Å². The average Bonchev–Trinajstić information content (AvgIpc) is 2.92. The summed E-state index contributed by atoms with van der Waals surface area (Å²) in [5, 5.41) is 3.40. The van der Waals surface area contributed by atoms with Crippen molar-refractivity contribution in [1.82, 2.24) is 14.9 Å². The van der Waals surface area contributed by atoms with Crippen molar-refractivity contribution in [3.63, 3.8) is 0 Å². The fraction of sp³-hybridized carbons (Fsp3) is 0.111. The number of nitrogens with zero attached hydrogens (tertiary/aromatic N) is 2. The molecule has 0 saturated carbocycles. The van der Waals surface area contributed by atoms with Crippen molar-refractivity contribution < 1.29 is 4.79 Å². The summed E-state index contributed by atoms with van der Waals surface area (Å²) in [5.41, 5.74) is 2.54. The van der Waals surface area contributed by atoms with E-state index >= 15 is 0 Å². The number of aromatic nitrogens is 2. The minimum Gasteiger partial charge on any atom is -0.351 e. The lowest BCUT2D eigenvalue weighted by Crippen LogP contribution is -2.27. The molecule has 0 fully saturated rings. The number of amides is 1. The van der Waals surface area contributed by atoms with Crippen LogP contribution in [0.2, 0.25) is 5.02 Å². The zero-order valence-electron chi connectivity index (χ0n) is 12.5. The van der Waals surface area contributed by atoms with E-state index < -0.39 is 0 Å². The van der Waals surface area contributed by atoms with E-state index in [1.165, 1.54) is 0 Å². The number of carbonyl (C=O) groups is 1. The summed E-state index contributed by atoms with van der Waals surface area (Å²) in [6.07, 6.45) is 1.65. The Hall–Kier alpha value is -2.59. The molecule has 1 aromatic heterocycles. The Morgan fingerprint density at radius 1 is 1.22 bits per heavy atom. The second-order valence-corrected chi connectivity index (χ2v) is 5.49. The van der Waals surface area contributed by atoms with Gasteiger partial charge in [0.05, 0.1) is 16.1 Å². The summed E-state index contributed by atoms with van der Waals surface area (Å²) in [6.45, 7) is 4.22. The predicted molar refractivity (Wildman–Crippen MR) is 93.4 cm³/mol. The van der Waals surface area contributed by atoms with E-state index in [-0.39, 0.29) is 12.5 Å². The number of nitrogens with one attached hydrogen (secondary N) is 1. The van der Waals surface area contributed by atoms with Crippen molar-refractivity contribution in [1.29, 1.82) is 0 Å². The number of hydrogen-bond acceptors (Lipinski definition) is 2. The first-order chi connectivity index (χ1) is 11.2. The molecule has 3 aromatic rings. The normalized spacial score (nSPS) is 10.7. The molecule has 0 aliphatic rings. The van der Waals surface area contributed by atoms with Crippen LogP contribution in [-0.4, -0.2) is 22.0 Å². The minimum absolute atomic E-state index is 0.0960. The number of benzene rings is 2. The standard InChI is InChI=1S/C18H16ClN3O/c1-2-11-20-17(23)12-22-16-10-6-5-9-15(16)21-18(22)13-7-3-4-8-14(13)19/h2-10H,1,11-12H2,(H,20,23). The zero-order chi connectivity index (χ0) is 16.2. The SMILES string of the molecule is C=CCNC(=O)Cn1c(-c2ccccc2Cl)nc2ccccc21. The van der Waals surface area contributed by atoms with E-state index in [1.807, 2.05) is 53.1 Å². The summed E-state index contributed by atoms with van der Waals surface area (Å²) in [6, 6.07) is 15.2. The Morgan fingerprint density at radius 3 is 2.74 bits per heavy atom. The van der Waals surface area contributed by atoms with Crippen LogP contribution in [0.4, 0.5) is 0 Å². The van der Waals surface area contributed by atoms with E-state index in [9.17, 15) is 4.79 Å². The van der Waals surface area contributed by atoms with Crippen LogP contribution in [0.15, 0.2) is 61.2 Å². The quantitative estimate of drug-likeness (QED) is 0.728. The van der Waals surface area contributed by atoms with Crippen LogP contribution in [0.3, 0.4) is 0 Å². The fourth-order valence-corrected chi connectivity index (χ4v) is 2.69. The first-order valence-corrected chi connectivity index (χ1v) is 7.66. The maximum Gasteiger partial charge on any atom is 0.240 e. The molecule has 0 aliphatic heterocycles. The second-order valence-electron chi connectivity index (χ2n) is 5.08. The molecule has 1 heterocycles. The molecule has 0 atom stereocenters.